The Hall–Kier alpha value is -1.68. The van der Waals surface area contributed by atoms with Crippen LogP contribution >= 0.6 is 24.0 Å². The highest BCUT2D eigenvalue weighted by atomic mass is 127. The maximum atomic E-state index is 5.14. The van der Waals surface area contributed by atoms with Gasteiger partial charge in [-0.05, 0) is 43.7 Å². The fourth-order valence-electron chi connectivity index (χ4n) is 3.02. The summed E-state index contributed by atoms with van der Waals surface area (Å²) in [5, 5.41) is 15.2. The number of nitrogens with one attached hydrogen (secondary N) is 2. The van der Waals surface area contributed by atoms with Crippen LogP contribution in [0.5, 0.6) is 0 Å². The first-order chi connectivity index (χ1) is 13.9. The Balaban J connectivity index is 0.00000450. The average molecular weight is 528 g/mol. The molecule has 0 saturated heterocycles. The number of nitrogens with zero attached hydrogens (tertiary/aromatic N) is 4. The van der Waals surface area contributed by atoms with E-state index in [1.165, 1.54) is 11.1 Å². The standard InChI is InChI=1S/C22H36N6O.HI/c1-16(2)14-19-8-10-20(11-9-19)17(3)25-22(23-12-7-13-29-6)24-15-21-27-26-18(4)28(21)5;/h8-11,16-17H,7,12-15H2,1-6H3,(H2,23,24,25);1H. The topological polar surface area (TPSA) is 76.4 Å². The molecule has 1 atom stereocenters. The first kappa shape index (κ1) is 26.4. The number of ether oxygens (including phenoxy) is 1. The molecule has 0 saturated carbocycles. The van der Waals surface area contributed by atoms with Crippen LogP contribution in [0.1, 0.15) is 56.0 Å². The Bertz CT molecular complexity index is 772. The Morgan fingerprint density at radius 1 is 1.17 bits per heavy atom. The number of benzene rings is 1. The van der Waals surface area contributed by atoms with Gasteiger partial charge in [-0.15, -0.1) is 34.2 Å². The predicted molar refractivity (Wildman–Crippen MR) is 133 cm³/mol. The van der Waals surface area contributed by atoms with E-state index in [4.69, 9.17) is 9.73 Å². The molecule has 1 heterocycles. The van der Waals surface area contributed by atoms with E-state index in [0.717, 1.165) is 43.6 Å². The number of aliphatic imine (C=N–C) groups is 1. The zero-order chi connectivity index (χ0) is 21.2. The van der Waals surface area contributed by atoms with Crippen LogP contribution in [0.2, 0.25) is 0 Å². The third kappa shape index (κ3) is 8.59. The summed E-state index contributed by atoms with van der Waals surface area (Å²) < 4.78 is 7.10. The lowest BCUT2D eigenvalue weighted by atomic mass is 10.00. The molecule has 168 valence electrons. The molecule has 0 bridgehead atoms. The number of hydrogen-bond donors (Lipinski definition) is 2. The van der Waals surface area contributed by atoms with Crippen LogP contribution in [0.3, 0.4) is 0 Å². The first-order valence-corrected chi connectivity index (χ1v) is 10.4. The van der Waals surface area contributed by atoms with Crippen LogP contribution in [-0.4, -0.2) is 41.0 Å². The first-order valence-electron chi connectivity index (χ1n) is 10.4. The molecule has 2 N–H and O–H groups in total. The van der Waals surface area contributed by atoms with Crippen LogP contribution in [0.25, 0.3) is 0 Å². The predicted octanol–water partition coefficient (Wildman–Crippen LogP) is 3.77. The number of rotatable bonds is 10. The number of methoxy groups -OCH3 is 1. The molecule has 0 fully saturated rings. The van der Waals surface area contributed by atoms with Crippen molar-refractivity contribution < 1.29 is 4.74 Å². The number of aromatic nitrogens is 3. The fraction of sp³-hybridized carbons (Fsp3) is 0.591. The average Bonchev–Trinajstić information content (AvgIpc) is 3.01. The summed E-state index contributed by atoms with van der Waals surface area (Å²) in [5.41, 5.74) is 2.61. The largest absolute Gasteiger partial charge is 0.385 e. The van der Waals surface area contributed by atoms with Crippen molar-refractivity contribution in [2.45, 2.75) is 53.1 Å². The molecule has 0 aliphatic heterocycles. The Labute approximate surface area is 198 Å². The van der Waals surface area contributed by atoms with Crippen molar-refractivity contribution in [2.24, 2.45) is 18.0 Å². The van der Waals surface area contributed by atoms with Crippen LogP contribution in [0, 0.1) is 12.8 Å². The molecule has 1 unspecified atom stereocenters. The third-order valence-electron chi connectivity index (χ3n) is 4.86. The lowest BCUT2D eigenvalue weighted by Crippen LogP contribution is -2.39. The molecular weight excluding hydrogens is 491 g/mol. The van der Waals surface area contributed by atoms with Gasteiger partial charge in [0, 0.05) is 27.3 Å². The van der Waals surface area contributed by atoms with E-state index < -0.39 is 0 Å². The highest BCUT2D eigenvalue weighted by molar-refractivity contribution is 14.0. The van der Waals surface area contributed by atoms with Crippen molar-refractivity contribution in [1.29, 1.82) is 0 Å². The van der Waals surface area contributed by atoms with E-state index in [1.807, 2.05) is 18.5 Å². The minimum absolute atomic E-state index is 0. The summed E-state index contributed by atoms with van der Waals surface area (Å²) in [6, 6.07) is 8.98. The molecule has 0 spiro atoms. The van der Waals surface area contributed by atoms with Gasteiger partial charge in [0.25, 0.3) is 0 Å². The normalized spacial score (nSPS) is 12.6. The fourth-order valence-corrected chi connectivity index (χ4v) is 3.02. The highest BCUT2D eigenvalue weighted by Crippen LogP contribution is 2.15. The molecule has 0 amide bonds. The second-order valence-corrected chi connectivity index (χ2v) is 7.87. The number of guanidine groups is 1. The van der Waals surface area contributed by atoms with E-state index in [-0.39, 0.29) is 30.0 Å². The molecule has 7 nitrogen and oxygen atoms in total. The zero-order valence-corrected chi connectivity index (χ0v) is 21.4. The summed E-state index contributed by atoms with van der Waals surface area (Å²) >= 11 is 0. The van der Waals surface area contributed by atoms with Gasteiger partial charge in [0.1, 0.15) is 12.4 Å². The van der Waals surface area contributed by atoms with Crippen LogP contribution in [0.15, 0.2) is 29.3 Å². The molecule has 2 rings (SSSR count). The number of hydrogen-bond acceptors (Lipinski definition) is 4. The Kier molecular flexibility index (Phi) is 11.9. The molecule has 1 aromatic heterocycles. The van der Waals surface area contributed by atoms with E-state index in [2.05, 4.69) is 65.9 Å². The van der Waals surface area contributed by atoms with Gasteiger partial charge < -0.3 is 19.9 Å². The molecule has 1 aromatic carbocycles. The van der Waals surface area contributed by atoms with E-state index in [9.17, 15) is 0 Å². The molecule has 0 aliphatic rings. The van der Waals surface area contributed by atoms with Crippen molar-refractivity contribution in [3.8, 4) is 0 Å². The van der Waals surface area contributed by atoms with E-state index in [0.29, 0.717) is 12.5 Å². The monoisotopic (exact) mass is 528 g/mol. The van der Waals surface area contributed by atoms with Gasteiger partial charge >= 0.3 is 0 Å². The summed E-state index contributed by atoms with van der Waals surface area (Å²) in [5.74, 6) is 3.15. The quantitative estimate of drug-likeness (QED) is 0.213. The number of halogens is 1. The summed E-state index contributed by atoms with van der Waals surface area (Å²) in [4.78, 5) is 4.72. The lowest BCUT2D eigenvalue weighted by Gasteiger charge is -2.19. The van der Waals surface area contributed by atoms with Crippen molar-refractivity contribution in [2.75, 3.05) is 20.3 Å². The number of aryl methyl sites for hydroxylation is 1. The van der Waals surface area contributed by atoms with Crippen molar-refractivity contribution in [3.05, 3.63) is 47.0 Å². The molecule has 0 aliphatic carbocycles. The zero-order valence-electron chi connectivity index (χ0n) is 19.1. The van der Waals surface area contributed by atoms with Crippen LogP contribution in [-0.2, 0) is 24.8 Å². The smallest absolute Gasteiger partial charge is 0.192 e. The van der Waals surface area contributed by atoms with Crippen molar-refractivity contribution in [3.63, 3.8) is 0 Å². The van der Waals surface area contributed by atoms with Crippen molar-refractivity contribution >= 4 is 29.9 Å². The minimum Gasteiger partial charge on any atom is -0.385 e. The molecule has 30 heavy (non-hydrogen) atoms. The Morgan fingerprint density at radius 3 is 2.43 bits per heavy atom. The molecule has 0 radical (unpaired) electrons. The van der Waals surface area contributed by atoms with Gasteiger partial charge in [-0.2, -0.15) is 0 Å². The maximum Gasteiger partial charge on any atom is 0.192 e. The maximum absolute atomic E-state index is 5.14. The second kappa shape index (κ2) is 13.6. The molecule has 2 aromatic rings. The van der Waals surface area contributed by atoms with Crippen LogP contribution in [0.4, 0.5) is 0 Å². The summed E-state index contributed by atoms with van der Waals surface area (Å²) in [7, 11) is 3.68. The van der Waals surface area contributed by atoms with Crippen LogP contribution < -0.4 is 10.6 Å². The molecular formula is C22H37IN6O. The molecule has 8 heteroatoms. The SMILES string of the molecule is COCCCNC(=NCc1nnc(C)n1C)NC(C)c1ccc(CC(C)C)cc1.I. The van der Waals surface area contributed by atoms with Gasteiger partial charge in [-0.1, -0.05) is 38.1 Å². The lowest BCUT2D eigenvalue weighted by molar-refractivity contribution is 0.195. The van der Waals surface area contributed by atoms with Gasteiger partial charge in [0.05, 0.1) is 6.04 Å². The Morgan fingerprint density at radius 2 is 1.87 bits per heavy atom. The summed E-state index contributed by atoms with van der Waals surface area (Å²) in [6.45, 7) is 10.6. The summed E-state index contributed by atoms with van der Waals surface area (Å²) in [6.07, 6.45) is 2.02. The highest BCUT2D eigenvalue weighted by Gasteiger charge is 2.10. The van der Waals surface area contributed by atoms with E-state index >= 15 is 0 Å². The van der Waals surface area contributed by atoms with Gasteiger partial charge in [0.15, 0.2) is 11.8 Å². The minimum atomic E-state index is 0. The van der Waals surface area contributed by atoms with E-state index in [1.54, 1.807) is 7.11 Å². The second-order valence-electron chi connectivity index (χ2n) is 7.87. The van der Waals surface area contributed by atoms with Gasteiger partial charge in [-0.3, -0.25) is 0 Å². The third-order valence-corrected chi connectivity index (χ3v) is 4.86. The van der Waals surface area contributed by atoms with Gasteiger partial charge in [0.2, 0.25) is 0 Å². The van der Waals surface area contributed by atoms with Gasteiger partial charge in [-0.25, -0.2) is 4.99 Å². The van der Waals surface area contributed by atoms with Crippen molar-refractivity contribution in [1.82, 2.24) is 25.4 Å².